The van der Waals surface area contributed by atoms with Gasteiger partial charge in [-0.2, -0.15) is 0 Å². The molecule has 6 nitrogen and oxygen atoms in total. The predicted molar refractivity (Wildman–Crippen MR) is 123 cm³/mol. The number of benzene rings is 1. The van der Waals surface area contributed by atoms with Crippen LogP contribution in [0.15, 0.2) is 45.7 Å². The number of aromatic nitrogens is 1. The summed E-state index contributed by atoms with van der Waals surface area (Å²) in [6.45, 7) is 9.12. The smallest absolute Gasteiger partial charge is 0.342 e. The number of aryl methyl sites for hydroxylation is 2. The second-order valence-corrected chi connectivity index (χ2v) is 8.63. The molecule has 0 saturated carbocycles. The van der Waals surface area contributed by atoms with Gasteiger partial charge in [-0.3, -0.25) is 4.79 Å². The number of ether oxygens (including phenoxy) is 2. The van der Waals surface area contributed by atoms with Crippen LogP contribution in [-0.4, -0.2) is 49.6 Å². The summed E-state index contributed by atoms with van der Waals surface area (Å²) in [7, 11) is 0. The van der Waals surface area contributed by atoms with Gasteiger partial charge < -0.3 is 14.4 Å². The van der Waals surface area contributed by atoms with Crippen molar-refractivity contribution in [2.24, 2.45) is 0 Å². The molecule has 1 aliphatic heterocycles. The minimum absolute atomic E-state index is 0.0484. The largest absolute Gasteiger partial charge is 0.462 e. The lowest BCUT2D eigenvalue weighted by Gasteiger charge is -2.28. The molecule has 1 aromatic carbocycles. The predicted octanol–water partition coefficient (Wildman–Crippen LogP) is 4.49. The second kappa shape index (κ2) is 10.7. The molecule has 1 aromatic heterocycles. The van der Waals surface area contributed by atoms with Crippen molar-refractivity contribution in [3.63, 3.8) is 0 Å². The van der Waals surface area contributed by atoms with Crippen LogP contribution < -0.4 is 4.90 Å². The number of hydrogen-bond donors (Lipinski definition) is 0. The van der Waals surface area contributed by atoms with Crippen LogP contribution >= 0.6 is 11.8 Å². The minimum Gasteiger partial charge on any atom is -0.462 e. The normalized spacial score (nSPS) is 14.7. The summed E-state index contributed by atoms with van der Waals surface area (Å²) in [5.74, 6) is -1.74. The number of allylic oxidation sites excluding steroid dienone is 1. The topological polar surface area (TPSA) is 68.7 Å². The number of pyridine rings is 1. The SMILES string of the molecule is CCOC(=O)/C(C(=O)c1cc(F)c(N2CCOCC2)nc1C)=C(/C)Sc1ccccc1C. The number of anilines is 1. The Bertz CT molecular complexity index is 1050. The summed E-state index contributed by atoms with van der Waals surface area (Å²) >= 11 is 1.31. The Hall–Kier alpha value is -2.71. The third-order valence-electron chi connectivity index (χ3n) is 5.12. The maximum atomic E-state index is 15.0. The minimum atomic E-state index is -0.729. The molecule has 1 aliphatic rings. The van der Waals surface area contributed by atoms with E-state index in [9.17, 15) is 14.0 Å². The van der Waals surface area contributed by atoms with Crippen LogP contribution in [0.5, 0.6) is 0 Å². The molecule has 0 amide bonds. The Labute approximate surface area is 191 Å². The zero-order chi connectivity index (χ0) is 23.3. The number of halogens is 1. The lowest BCUT2D eigenvalue weighted by Crippen LogP contribution is -2.37. The fourth-order valence-electron chi connectivity index (χ4n) is 3.42. The summed E-state index contributed by atoms with van der Waals surface area (Å²) in [6.07, 6.45) is 0. The van der Waals surface area contributed by atoms with Gasteiger partial charge in [0.2, 0.25) is 5.78 Å². The molecule has 1 saturated heterocycles. The Morgan fingerprint density at radius 2 is 1.91 bits per heavy atom. The Morgan fingerprint density at radius 3 is 2.56 bits per heavy atom. The number of Topliss-reactive ketones (excluding diaryl/α,β-unsaturated/α-hetero) is 1. The van der Waals surface area contributed by atoms with Gasteiger partial charge in [-0.15, -0.1) is 0 Å². The zero-order valence-corrected chi connectivity index (χ0v) is 19.6. The van der Waals surface area contributed by atoms with Gasteiger partial charge >= 0.3 is 5.97 Å². The first-order chi connectivity index (χ1) is 15.3. The number of ketones is 1. The van der Waals surface area contributed by atoms with Gasteiger partial charge in [0.15, 0.2) is 11.6 Å². The Kier molecular flexibility index (Phi) is 8.04. The molecule has 0 radical (unpaired) electrons. The number of rotatable bonds is 7. The molecule has 0 aliphatic carbocycles. The first-order valence-electron chi connectivity index (χ1n) is 10.5. The summed E-state index contributed by atoms with van der Waals surface area (Å²) in [5, 5.41) is 0. The van der Waals surface area contributed by atoms with Crippen LogP contribution in [0.2, 0.25) is 0 Å². The van der Waals surface area contributed by atoms with Crippen LogP contribution in [0.1, 0.15) is 35.5 Å². The van der Waals surface area contributed by atoms with Crippen molar-refractivity contribution in [3.8, 4) is 0 Å². The third-order valence-corrected chi connectivity index (χ3v) is 6.31. The summed E-state index contributed by atoms with van der Waals surface area (Å²) < 4.78 is 25.4. The fraction of sp³-hybridized carbons (Fsp3) is 0.375. The molecule has 2 heterocycles. The average Bonchev–Trinajstić information content (AvgIpc) is 2.77. The second-order valence-electron chi connectivity index (χ2n) is 7.37. The van der Waals surface area contributed by atoms with Crippen LogP contribution in [0.25, 0.3) is 0 Å². The van der Waals surface area contributed by atoms with Crippen LogP contribution in [0.3, 0.4) is 0 Å². The van der Waals surface area contributed by atoms with E-state index in [0.29, 0.717) is 36.9 Å². The van der Waals surface area contributed by atoms with Crippen molar-refractivity contribution in [1.29, 1.82) is 0 Å². The standard InChI is InChI=1S/C24H27FN2O4S/c1-5-31-24(29)21(17(4)32-20-9-7-6-8-15(20)2)22(28)18-14-19(25)23(26-16(18)3)27-10-12-30-13-11-27/h6-9,14H,5,10-13H2,1-4H3/b21-17-. The monoisotopic (exact) mass is 458 g/mol. The highest BCUT2D eigenvalue weighted by atomic mass is 32.2. The summed E-state index contributed by atoms with van der Waals surface area (Å²) in [6, 6.07) is 8.85. The molecule has 0 bridgehead atoms. The van der Waals surface area contributed by atoms with Gasteiger partial charge in [0, 0.05) is 28.5 Å². The molecule has 0 spiro atoms. The Morgan fingerprint density at radius 1 is 1.22 bits per heavy atom. The molecule has 32 heavy (non-hydrogen) atoms. The van der Waals surface area contributed by atoms with Gasteiger partial charge in [0.05, 0.1) is 25.5 Å². The van der Waals surface area contributed by atoms with Crippen molar-refractivity contribution < 1.29 is 23.5 Å². The number of carbonyl (C=O) groups excluding carboxylic acids is 2. The molecule has 8 heteroatoms. The highest BCUT2D eigenvalue weighted by Crippen LogP contribution is 2.33. The van der Waals surface area contributed by atoms with E-state index in [1.54, 1.807) is 25.7 Å². The van der Waals surface area contributed by atoms with Gasteiger partial charge in [-0.25, -0.2) is 14.2 Å². The number of hydrogen-bond acceptors (Lipinski definition) is 7. The van der Waals surface area contributed by atoms with Crippen molar-refractivity contribution in [2.75, 3.05) is 37.8 Å². The quantitative estimate of drug-likeness (QED) is 0.151. The van der Waals surface area contributed by atoms with Gasteiger partial charge in [-0.1, -0.05) is 30.0 Å². The maximum absolute atomic E-state index is 15.0. The number of esters is 1. The molecule has 0 atom stereocenters. The van der Waals surface area contributed by atoms with Crippen LogP contribution in [-0.2, 0) is 14.3 Å². The molecular weight excluding hydrogens is 431 g/mol. The van der Waals surface area contributed by atoms with E-state index in [-0.39, 0.29) is 23.6 Å². The van der Waals surface area contributed by atoms with Gasteiger partial charge in [0.25, 0.3) is 0 Å². The maximum Gasteiger partial charge on any atom is 0.342 e. The molecular formula is C24H27FN2O4S. The first-order valence-corrected chi connectivity index (χ1v) is 11.3. The van der Waals surface area contributed by atoms with Gasteiger partial charge in [0.1, 0.15) is 5.57 Å². The number of carbonyl (C=O) groups is 2. The number of thioether (sulfide) groups is 1. The molecule has 3 rings (SSSR count). The van der Waals surface area contributed by atoms with Crippen LogP contribution in [0, 0.1) is 19.7 Å². The zero-order valence-electron chi connectivity index (χ0n) is 18.7. The highest BCUT2D eigenvalue weighted by molar-refractivity contribution is 8.03. The highest BCUT2D eigenvalue weighted by Gasteiger charge is 2.28. The van der Waals surface area contributed by atoms with Crippen molar-refractivity contribution >= 4 is 29.3 Å². The van der Waals surface area contributed by atoms with E-state index >= 15 is 0 Å². The molecule has 0 N–H and O–H groups in total. The van der Waals surface area contributed by atoms with Crippen molar-refractivity contribution in [1.82, 2.24) is 4.98 Å². The van der Waals surface area contributed by atoms with E-state index in [1.165, 1.54) is 17.8 Å². The summed E-state index contributed by atoms with van der Waals surface area (Å²) in [5.41, 5.74) is 1.32. The average molecular weight is 459 g/mol. The fourth-order valence-corrected chi connectivity index (χ4v) is 4.40. The molecule has 0 unspecified atom stereocenters. The lowest BCUT2D eigenvalue weighted by molar-refractivity contribution is -0.138. The molecule has 1 fully saturated rings. The summed E-state index contributed by atoms with van der Waals surface area (Å²) in [4.78, 5) is 33.7. The van der Waals surface area contributed by atoms with E-state index in [0.717, 1.165) is 10.5 Å². The molecule has 2 aromatic rings. The van der Waals surface area contributed by atoms with Crippen molar-refractivity contribution in [3.05, 3.63) is 63.4 Å². The first kappa shape index (κ1) is 23.9. The Balaban J connectivity index is 2.00. The van der Waals surface area contributed by atoms with Crippen molar-refractivity contribution in [2.45, 2.75) is 32.6 Å². The molecule has 170 valence electrons. The van der Waals surface area contributed by atoms with Crippen LogP contribution in [0.4, 0.5) is 10.2 Å². The van der Waals surface area contributed by atoms with E-state index < -0.39 is 17.6 Å². The number of morpholine rings is 1. The lowest BCUT2D eigenvalue weighted by atomic mass is 10.0. The van der Waals surface area contributed by atoms with E-state index in [2.05, 4.69) is 4.98 Å². The van der Waals surface area contributed by atoms with Gasteiger partial charge in [-0.05, 0) is 45.4 Å². The third kappa shape index (κ3) is 5.37. The van der Waals surface area contributed by atoms with E-state index in [4.69, 9.17) is 9.47 Å². The van der Waals surface area contributed by atoms with E-state index in [1.807, 2.05) is 31.2 Å². The number of nitrogens with zero attached hydrogens (tertiary/aromatic N) is 2.